The Bertz CT molecular complexity index is 888. The number of rotatable bonds is 5. The Kier molecular flexibility index (Phi) is 6.04. The zero-order valence-corrected chi connectivity index (χ0v) is 16.9. The van der Waals surface area contributed by atoms with Gasteiger partial charge >= 0.3 is 5.97 Å². The second-order valence-corrected chi connectivity index (χ2v) is 8.03. The molecule has 1 heterocycles. The topological polar surface area (TPSA) is 51.5 Å². The number of esters is 1. The highest BCUT2D eigenvalue weighted by Crippen LogP contribution is 2.37. The van der Waals surface area contributed by atoms with Crippen LogP contribution in [0.4, 0.5) is 5.69 Å². The number of carbonyl (C=O) groups excluding carboxylic acids is 1. The molecular weight excluding hydrogens is 348 g/mol. The summed E-state index contributed by atoms with van der Waals surface area (Å²) in [6.45, 7) is 2.63. The third-order valence-corrected chi connectivity index (χ3v) is 6.00. The molecule has 4 rings (SSSR count). The molecule has 0 amide bonds. The number of para-hydroxylation sites is 1. The summed E-state index contributed by atoms with van der Waals surface area (Å²) in [6.07, 6.45) is 10.3. The molecule has 148 valence electrons. The number of nitrogens with zero attached hydrogens (tertiary/aromatic N) is 2. The standard InChI is InChI=1S/C24H30N2O2/c1-2-3-16-28-24(27)19-12-6-9-15-22(19)26-23-17-10-4-7-13-20(17)25-21-14-8-5-11-18(21)23/h4,7,10,13,19H,2-3,5-6,8-9,11-12,14-16H2,1H3. The van der Waals surface area contributed by atoms with Gasteiger partial charge in [-0.3, -0.25) is 14.8 Å². The van der Waals surface area contributed by atoms with E-state index in [-0.39, 0.29) is 11.9 Å². The molecule has 0 N–H and O–H groups in total. The lowest BCUT2D eigenvalue weighted by Crippen LogP contribution is -2.29. The minimum atomic E-state index is -0.184. The Morgan fingerprint density at radius 2 is 1.96 bits per heavy atom. The van der Waals surface area contributed by atoms with Crippen LogP contribution in [0.3, 0.4) is 0 Å². The molecule has 1 atom stereocenters. The first-order valence-corrected chi connectivity index (χ1v) is 10.9. The van der Waals surface area contributed by atoms with Crippen molar-refractivity contribution >= 4 is 28.3 Å². The second-order valence-electron chi connectivity index (χ2n) is 8.03. The number of carbonyl (C=O) groups is 1. The quantitative estimate of drug-likeness (QED) is 0.494. The van der Waals surface area contributed by atoms with Gasteiger partial charge in [0.15, 0.2) is 0 Å². The van der Waals surface area contributed by atoms with E-state index >= 15 is 0 Å². The SMILES string of the molecule is CCCCOC(=O)C1CCCCC1=Nc1c2c(nc3ccccc13)CCCC2. The molecule has 0 spiro atoms. The van der Waals surface area contributed by atoms with E-state index in [2.05, 4.69) is 25.1 Å². The van der Waals surface area contributed by atoms with Crippen LogP contribution in [-0.4, -0.2) is 23.3 Å². The molecular formula is C24H30N2O2. The average Bonchev–Trinajstić information content (AvgIpc) is 2.74. The van der Waals surface area contributed by atoms with Gasteiger partial charge in [-0.05, 0) is 63.0 Å². The van der Waals surface area contributed by atoms with Crippen molar-refractivity contribution in [2.45, 2.75) is 71.1 Å². The van der Waals surface area contributed by atoms with Crippen LogP contribution in [0.5, 0.6) is 0 Å². The molecule has 1 saturated carbocycles. The molecule has 0 aliphatic heterocycles. The Hall–Kier alpha value is -2.23. The number of aryl methyl sites for hydroxylation is 1. The number of fused-ring (bicyclic) bond motifs is 2. The van der Waals surface area contributed by atoms with Crippen LogP contribution in [0, 0.1) is 5.92 Å². The minimum absolute atomic E-state index is 0.0841. The van der Waals surface area contributed by atoms with Crippen LogP contribution in [0.25, 0.3) is 10.9 Å². The highest BCUT2D eigenvalue weighted by Gasteiger charge is 2.29. The number of ether oxygens (including phenoxy) is 1. The maximum absolute atomic E-state index is 12.7. The first-order chi connectivity index (χ1) is 13.8. The zero-order valence-electron chi connectivity index (χ0n) is 16.9. The molecule has 4 nitrogen and oxygen atoms in total. The molecule has 2 aliphatic carbocycles. The van der Waals surface area contributed by atoms with Gasteiger partial charge in [-0.2, -0.15) is 0 Å². The van der Waals surface area contributed by atoms with Crippen molar-refractivity contribution in [1.82, 2.24) is 4.98 Å². The molecule has 4 heteroatoms. The van der Waals surface area contributed by atoms with Crippen LogP contribution >= 0.6 is 0 Å². The Morgan fingerprint density at radius 3 is 2.86 bits per heavy atom. The zero-order chi connectivity index (χ0) is 19.3. The number of pyridine rings is 1. The van der Waals surface area contributed by atoms with Crippen LogP contribution < -0.4 is 0 Å². The summed E-state index contributed by atoms with van der Waals surface area (Å²) in [6, 6.07) is 8.29. The van der Waals surface area contributed by atoms with Gasteiger partial charge in [-0.15, -0.1) is 0 Å². The lowest BCUT2D eigenvalue weighted by Gasteiger charge is -2.24. The highest BCUT2D eigenvalue weighted by molar-refractivity contribution is 6.05. The minimum Gasteiger partial charge on any atom is -0.465 e. The number of hydrogen-bond donors (Lipinski definition) is 0. The molecule has 28 heavy (non-hydrogen) atoms. The molecule has 0 radical (unpaired) electrons. The normalized spacial score (nSPS) is 20.9. The molecule has 0 bridgehead atoms. The van der Waals surface area contributed by atoms with E-state index in [1.807, 2.05) is 6.07 Å². The number of benzene rings is 1. The van der Waals surface area contributed by atoms with Gasteiger partial charge in [0.2, 0.25) is 0 Å². The van der Waals surface area contributed by atoms with Gasteiger partial charge in [0.1, 0.15) is 0 Å². The van der Waals surface area contributed by atoms with Gasteiger partial charge in [-0.1, -0.05) is 38.0 Å². The molecule has 2 aliphatic rings. The monoisotopic (exact) mass is 378 g/mol. The predicted octanol–water partition coefficient (Wildman–Crippen LogP) is 5.72. The summed E-state index contributed by atoms with van der Waals surface area (Å²) in [5.74, 6) is -0.268. The van der Waals surface area contributed by atoms with Crippen molar-refractivity contribution < 1.29 is 9.53 Å². The number of hydrogen-bond acceptors (Lipinski definition) is 4. The van der Waals surface area contributed by atoms with Gasteiger partial charge in [-0.25, -0.2) is 0 Å². The van der Waals surface area contributed by atoms with Crippen LogP contribution in [0.2, 0.25) is 0 Å². The molecule has 1 aromatic carbocycles. The predicted molar refractivity (Wildman–Crippen MR) is 113 cm³/mol. The van der Waals surface area contributed by atoms with Gasteiger partial charge in [0.25, 0.3) is 0 Å². The first-order valence-electron chi connectivity index (χ1n) is 10.9. The number of unbranched alkanes of at least 4 members (excludes halogenated alkanes) is 1. The van der Waals surface area contributed by atoms with Crippen LogP contribution in [0.15, 0.2) is 29.3 Å². The Balaban J connectivity index is 1.73. The van der Waals surface area contributed by atoms with E-state index in [1.165, 1.54) is 24.1 Å². The van der Waals surface area contributed by atoms with Crippen molar-refractivity contribution in [3.63, 3.8) is 0 Å². The molecule has 1 aromatic heterocycles. The second kappa shape index (κ2) is 8.85. The van der Waals surface area contributed by atoms with E-state index in [0.717, 1.165) is 73.7 Å². The Morgan fingerprint density at radius 1 is 1.14 bits per heavy atom. The maximum Gasteiger partial charge on any atom is 0.314 e. The summed E-state index contributed by atoms with van der Waals surface area (Å²) in [5, 5.41) is 1.11. The van der Waals surface area contributed by atoms with Crippen molar-refractivity contribution in [2.24, 2.45) is 10.9 Å². The molecule has 0 saturated heterocycles. The fraction of sp³-hybridized carbons (Fsp3) is 0.542. The van der Waals surface area contributed by atoms with Crippen molar-refractivity contribution in [1.29, 1.82) is 0 Å². The van der Waals surface area contributed by atoms with Crippen molar-refractivity contribution in [3.05, 3.63) is 35.5 Å². The van der Waals surface area contributed by atoms with Gasteiger partial charge in [0.05, 0.1) is 23.7 Å². The number of aromatic nitrogens is 1. The summed E-state index contributed by atoms with van der Waals surface area (Å²) in [4.78, 5) is 22.8. The van der Waals surface area contributed by atoms with Crippen LogP contribution in [-0.2, 0) is 22.4 Å². The van der Waals surface area contributed by atoms with E-state index in [9.17, 15) is 4.79 Å². The van der Waals surface area contributed by atoms with Gasteiger partial charge in [0, 0.05) is 16.8 Å². The third kappa shape index (κ3) is 3.96. The molecule has 1 unspecified atom stereocenters. The highest BCUT2D eigenvalue weighted by atomic mass is 16.5. The van der Waals surface area contributed by atoms with E-state index in [1.54, 1.807) is 0 Å². The lowest BCUT2D eigenvalue weighted by molar-refractivity contribution is -0.146. The average molecular weight is 379 g/mol. The maximum atomic E-state index is 12.7. The molecule has 2 aromatic rings. The first kappa shape index (κ1) is 19.1. The Labute approximate surface area is 167 Å². The van der Waals surface area contributed by atoms with E-state index in [0.29, 0.717) is 6.61 Å². The van der Waals surface area contributed by atoms with Crippen LogP contribution in [0.1, 0.15) is 69.5 Å². The number of aliphatic imine (C=N–C) groups is 1. The van der Waals surface area contributed by atoms with E-state index in [4.69, 9.17) is 14.7 Å². The summed E-state index contributed by atoms with van der Waals surface area (Å²) >= 11 is 0. The van der Waals surface area contributed by atoms with Gasteiger partial charge < -0.3 is 4.74 Å². The van der Waals surface area contributed by atoms with Crippen molar-refractivity contribution in [2.75, 3.05) is 6.61 Å². The fourth-order valence-corrected chi connectivity index (χ4v) is 4.42. The summed E-state index contributed by atoms with van der Waals surface area (Å²) in [5.41, 5.74) is 5.57. The summed E-state index contributed by atoms with van der Waals surface area (Å²) in [7, 11) is 0. The summed E-state index contributed by atoms with van der Waals surface area (Å²) < 4.78 is 5.56. The van der Waals surface area contributed by atoms with E-state index < -0.39 is 0 Å². The smallest absolute Gasteiger partial charge is 0.314 e. The van der Waals surface area contributed by atoms with Crippen molar-refractivity contribution in [3.8, 4) is 0 Å². The molecule has 1 fully saturated rings. The fourth-order valence-electron chi connectivity index (χ4n) is 4.42. The lowest BCUT2D eigenvalue weighted by atomic mass is 9.86. The third-order valence-electron chi connectivity index (χ3n) is 6.00. The largest absolute Gasteiger partial charge is 0.465 e.